The van der Waals surface area contributed by atoms with Crippen molar-refractivity contribution in [3.63, 3.8) is 0 Å². The Labute approximate surface area is 134 Å². The lowest BCUT2D eigenvalue weighted by Gasteiger charge is -2.16. The Balaban J connectivity index is 1.81. The Bertz CT molecular complexity index is 542. The average molecular weight is 328 g/mol. The zero-order chi connectivity index (χ0) is 15.9. The molecule has 0 spiro atoms. The fourth-order valence-electron chi connectivity index (χ4n) is 2.56. The molecule has 1 aliphatic carbocycles. The molecule has 1 saturated carbocycles. The van der Waals surface area contributed by atoms with Gasteiger partial charge in [0, 0.05) is 6.04 Å². The number of hydrogen-bond acceptors (Lipinski definition) is 3. The summed E-state index contributed by atoms with van der Waals surface area (Å²) >= 11 is 5.77. The van der Waals surface area contributed by atoms with Gasteiger partial charge in [0.05, 0.1) is 10.6 Å². The fraction of sp³-hybridized carbons (Fsp3) is 0.500. The highest BCUT2D eigenvalue weighted by Gasteiger charge is 2.17. The number of hydrogen-bond donors (Lipinski definition) is 1. The van der Waals surface area contributed by atoms with E-state index in [0.29, 0.717) is 0 Å². The van der Waals surface area contributed by atoms with Crippen molar-refractivity contribution in [2.75, 3.05) is 6.61 Å². The molecule has 22 heavy (non-hydrogen) atoms. The van der Waals surface area contributed by atoms with Gasteiger partial charge in [-0.2, -0.15) is 0 Å². The molecule has 0 heterocycles. The van der Waals surface area contributed by atoms with Gasteiger partial charge in [-0.1, -0.05) is 37.3 Å². The highest BCUT2D eigenvalue weighted by atomic mass is 35.5. The van der Waals surface area contributed by atoms with E-state index in [1.54, 1.807) is 0 Å². The minimum absolute atomic E-state index is 0.0332. The Hall–Kier alpha value is -1.62. The maximum atomic E-state index is 12.9. The number of amides is 1. The third kappa shape index (κ3) is 4.98. The zero-order valence-corrected chi connectivity index (χ0v) is 13.0. The summed E-state index contributed by atoms with van der Waals surface area (Å²) in [5, 5.41) is 2.85. The minimum atomic E-state index is -0.735. The van der Waals surface area contributed by atoms with Gasteiger partial charge in [0.25, 0.3) is 5.91 Å². The Morgan fingerprint density at radius 1 is 1.23 bits per heavy atom. The molecule has 1 amide bonds. The first kappa shape index (κ1) is 16.7. The second-order valence-corrected chi connectivity index (χ2v) is 5.86. The molecule has 0 aromatic heterocycles. The summed E-state index contributed by atoms with van der Waals surface area (Å²) in [6, 6.07) is 3.55. The van der Waals surface area contributed by atoms with Crippen LogP contribution in [0.15, 0.2) is 18.2 Å². The first-order valence-corrected chi connectivity index (χ1v) is 7.85. The van der Waals surface area contributed by atoms with Crippen LogP contribution in [0.4, 0.5) is 4.39 Å². The van der Waals surface area contributed by atoms with Crippen molar-refractivity contribution in [2.24, 2.45) is 0 Å². The number of rotatable bonds is 4. The summed E-state index contributed by atoms with van der Waals surface area (Å²) in [6.45, 7) is -0.358. The van der Waals surface area contributed by atoms with Crippen LogP contribution in [0.3, 0.4) is 0 Å². The lowest BCUT2D eigenvalue weighted by molar-refractivity contribution is -0.125. The molecular weight excluding hydrogens is 309 g/mol. The third-order valence-electron chi connectivity index (χ3n) is 3.71. The summed E-state index contributed by atoms with van der Waals surface area (Å²) < 4.78 is 17.8. The first-order chi connectivity index (χ1) is 10.6. The lowest BCUT2D eigenvalue weighted by Crippen LogP contribution is -2.37. The molecule has 1 aromatic carbocycles. The van der Waals surface area contributed by atoms with Crippen LogP contribution in [-0.4, -0.2) is 24.5 Å². The second kappa shape index (κ2) is 8.13. The predicted molar refractivity (Wildman–Crippen MR) is 81.3 cm³/mol. The largest absolute Gasteiger partial charge is 0.452 e. The molecule has 2 rings (SSSR count). The molecule has 0 unspecified atom stereocenters. The summed E-state index contributed by atoms with van der Waals surface area (Å²) in [7, 11) is 0. The van der Waals surface area contributed by atoms with Crippen LogP contribution in [0.2, 0.25) is 5.02 Å². The van der Waals surface area contributed by atoms with E-state index < -0.39 is 11.8 Å². The molecule has 1 fully saturated rings. The van der Waals surface area contributed by atoms with Crippen molar-refractivity contribution in [3.8, 4) is 0 Å². The molecule has 0 bridgehead atoms. The third-order valence-corrected chi connectivity index (χ3v) is 4.02. The molecule has 120 valence electrons. The van der Waals surface area contributed by atoms with E-state index in [9.17, 15) is 14.0 Å². The van der Waals surface area contributed by atoms with E-state index >= 15 is 0 Å². The molecule has 0 saturated heterocycles. The quantitative estimate of drug-likeness (QED) is 0.680. The Morgan fingerprint density at radius 3 is 2.55 bits per heavy atom. The fourth-order valence-corrected chi connectivity index (χ4v) is 2.80. The molecule has 6 heteroatoms. The predicted octanol–water partition coefficient (Wildman–Crippen LogP) is 3.47. The number of halogens is 2. The van der Waals surface area contributed by atoms with E-state index in [-0.39, 0.29) is 29.1 Å². The lowest BCUT2D eigenvalue weighted by atomic mass is 10.1. The normalized spacial score (nSPS) is 15.9. The van der Waals surface area contributed by atoms with Gasteiger partial charge in [-0.25, -0.2) is 9.18 Å². The minimum Gasteiger partial charge on any atom is -0.452 e. The van der Waals surface area contributed by atoms with Gasteiger partial charge in [-0.05, 0) is 31.0 Å². The van der Waals surface area contributed by atoms with Crippen molar-refractivity contribution in [1.82, 2.24) is 5.32 Å². The molecule has 1 aromatic rings. The van der Waals surface area contributed by atoms with E-state index in [2.05, 4.69) is 5.32 Å². The number of carbonyl (C=O) groups is 2. The van der Waals surface area contributed by atoms with Crippen LogP contribution in [0.25, 0.3) is 0 Å². The number of ether oxygens (including phenoxy) is 1. The average Bonchev–Trinajstić information content (AvgIpc) is 2.73. The van der Waals surface area contributed by atoms with Gasteiger partial charge in [-0.15, -0.1) is 0 Å². The monoisotopic (exact) mass is 327 g/mol. The van der Waals surface area contributed by atoms with Crippen LogP contribution < -0.4 is 5.32 Å². The van der Waals surface area contributed by atoms with Gasteiger partial charge in [0.15, 0.2) is 6.61 Å². The van der Waals surface area contributed by atoms with Gasteiger partial charge in [0.1, 0.15) is 5.82 Å². The molecule has 1 N–H and O–H groups in total. The van der Waals surface area contributed by atoms with Gasteiger partial charge in [0.2, 0.25) is 0 Å². The van der Waals surface area contributed by atoms with Crippen molar-refractivity contribution in [2.45, 2.75) is 44.6 Å². The van der Waals surface area contributed by atoms with Crippen LogP contribution in [0, 0.1) is 5.82 Å². The summed E-state index contributed by atoms with van der Waals surface area (Å²) in [4.78, 5) is 23.6. The van der Waals surface area contributed by atoms with Crippen LogP contribution in [0.5, 0.6) is 0 Å². The van der Waals surface area contributed by atoms with Crippen LogP contribution in [0.1, 0.15) is 48.9 Å². The summed E-state index contributed by atoms with van der Waals surface area (Å²) in [5.74, 6) is -1.59. The summed E-state index contributed by atoms with van der Waals surface area (Å²) in [6.07, 6.45) is 6.54. The molecule has 0 aliphatic heterocycles. The smallest absolute Gasteiger partial charge is 0.340 e. The highest BCUT2D eigenvalue weighted by molar-refractivity contribution is 6.33. The van der Waals surface area contributed by atoms with Crippen molar-refractivity contribution in [1.29, 1.82) is 0 Å². The van der Waals surface area contributed by atoms with E-state index in [1.165, 1.54) is 18.9 Å². The maximum Gasteiger partial charge on any atom is 0.340 e. The molecular formula is C16H19ClFNO3. The number of esters is 1. The van der Waals surface area contributed by atoms with E-state index in [1.807, 2.05) is 0 Å². The molecule has 4 nitrogen and oxygen atoms in total. The van der Waals surface area contributed by atoms with Crippen molar-refractivity contribution in [3.05, 3.63) is 34.6 Å². The van der Waals surface area contributed by atoms with Gasteiger partial charge < -0.3 is 10.1 Å². The second-order valence-electron chi connectivity index (χ2n) is 5.46. The van der Waals surface area contributed by atoms with E-state index in [4.69, 9.17) is 16.3 Å². The first-order valence-electron chi connectivity index (χ1n) is 7.48. The Morgan fingerprint density at radius 2 is 1.91 bits per heavy atom. The number of benzene rings is 1. The highest BCUT2D eigenvalue weighted by Crippen LogP contribution is 2.19. The van der Waals surface area contributed by atoms with Gasteiger partial charge in [-0.3, -0.25) is 4.79 Å². The van der Waals surface area contributed by atoms with E-state index in [0.717, 1.165) is 37.8 Å². The standard InChI is InChI=1S/C16H19ClFNO3/c17-14-9-11(18)7-8-13(14)16(21)22-10-15(20)19-12-5-3-1-2-4-6-12/h7-9,12H,1-6,10H2,(H,19,20). The zero-order valence-electron chi connectivity index (χ0n) is 12.2. The Kier molecular flexibility index (Phi) is 6.19. The van der Waals surface area contributed by atoms with Crippen molar-refractivity contribution < 1.29 is 18.7 Å². The molecule has 0 atom stereocenters. The number of nitrogens with one attached hydrogen (secondary N) is 1. The van der Waals surface area contributed by atoms with Gasteiger partial charge >= 0.3 is 5.97 Å². The molecule has 0 radical (unpaired) electrons. The topological polar surface area (TPSA) is 55.4 Å². The van der Waals surface area contributed by atoms with Crippen molar-refractivity contribution >= 4 is 23.5 Å². The maximum absolute atomic E-state index is 12.9. The molecule has 1 aliphatic rings. The number of carbonyl (C=O) groups excluding carboxylic acids is 2. The van der Waals surface area contributed by atoms with Crippen LogP contribution >= 0.6 is 11.6 Å². The SMILES string of the molecule is O=C(COC(=O)c1ccc(F)cc1Cl)NC1CCCCCC1. The van der Waals surface area contributed by atoms with Crippen LogP contribution in [-0.2, 0) is 9.53 Å². The summed E-state index contributed by atoms with van der Waals surface area (Å²) in [5.41, 5.74) is 0.0466.